The summed E-state index contributed by atoms with van der Waals surface area (Å²) >= 11 is 0. The Morgan fingerprint density at radius 3 is 2.50 bits per heavy atom. The second-order valence-electron chi connectivity index (χ2n) is 4.71. The largest absolute Gasteiger partial charge is 0.345 e. The van der Waals surface area contributed by atoms with Gasteiger partial charge in [-0.1, -0.05) is 12.1 Å². The molecular formula is C13H18N4O2S. The highest BCUT2D eigenvalue weighted by atomic mass is 32.2. The third-order valence-electron chi connectivity index (χ3n) is 3.06. The second-order valence-corrected chi connectivity index (χ2v) is 6.27. The van der Waals surface area contributed by atoms with E-state index in [1.54, 1.807) is 18.3 Å². The first-order valence-corrected chi connectivity index (χ1v) is 7.77. The molecule has 2 rings (SSSR count). The summed E-state index contributed by atoms with van der Waals surface area (Å²) in [6.07, 6.45) is 1.79. The maximum Gasteiger partial charge on any atom is 0.238 e. The SMILES string of the molecule is Cc1ncc(CNC(C)c2ccc(S(N)(=O)=O)cc2)[nH]1. The van der Waals surface area contributed by atoms with E-state index in [1.165, 1.54) is 12.1 Å². The predicted molar refractivity (Wildman–Crippen MR) is 76.4 cm³/mol. The molecule has 1 heterocycles. The molecule has 0 aliphatic carbocycles. The summed E-state index contributed by atoms with van der Waals surface area (Å²) in [5.41, 5.74) is 2.00. The zero-order valence-electron chi connectivity index (χ0n) is 11.4. The van der Waals surface area contributed by atoms with Crippen LogP contribution in [0.2, 0.25) is 0 Å². The highest BCUT2D eigenvalue weighted by Gasteiger charge is 2.10. The molecule has 1 aromatic heterocycles. The quantitative estimate of drug-likeness (QED) is 0.771. The van der Waals surface area contributed by atoms with Crippen molar-refractivity contribution in [3.05, 3.63) is 47.5 Å². The van der Waals surface area contributed by atoms with Crippen molar-refractivity contribution in [2.75, 3.05) is 0 Å². The molecule has 20 heavy (non-hydrogen) atoms. The third kappa shape index (κ3) is 3.66. The average Bonchev–Trinajstić information content (AvgIpc) is 2.81. The summed E-state index contributed by atoms with van der Waals surface area (Å²) in [5.74, 6) is 0.881. The van der Waals surface area contributed by atoms with Crippen LogP contribution in [0.25, 0.3) is 0 Å². The molecule has 108 valence electrons. The van der Waals surface area contributed by atoms with Crippen LogP contribution in [-0.2, 0) is 16.6 Å². The zero-order chi connectivity index (χ0) is 14.8. The van der Waals surface area contributed by atoms with Crippen molar-refractivity contribution >= 4 is 10.0 Å². The van der Waals surface area contributed by atoms with Crippen LogP contribution in [0.3, 0.4) is 0 Å². The van der Waals surface area contributed by atoms with E-state index >= 15 is 0 Å². The van der Waals surface area contributed by atoms with Crippen LogP contribution in [0.4, 0.5) is 0 Å². The number of benzene rings is 1. The molecule has 0 spiro atoms. The molecule has 1 atom stereocenters. The molecule has 0 aliphatic heterocycles. The smallest absolute Gasteiger partial charge is 0.238 e. The highest BCUT2D eigenvalue weighted by molar-refractivity contribution is 7.89. The summed E-state index contributed by atoms with van der Waals surface area (Å²) in [6, 6.07) is 6.64. The van der Waals surface area contributed by atoms with Gasteiger partial charge in [0.15, 0.2) is 0 Å². The van der Waals surface area contributed by atoms with Crippen molar-refractivity contribution < 1.29 is 8.42 Å². The lowest BCUT2D eigenvalue weighted by molar-refractivity contribution is 0.568. The van der Waals surface area contributed by atoms with E-state index in [9.17, 15) is 8.42 Å². The Labute approximate surface area is 118 Å². The van der Waals surface area contributed by atoms with Crippen LogP contribution in [0.15, 0.2) is 35.4 Å². The van der Waals surface area contributed by atoms with Crippen molar-refractivity contribution in [3.63, 3.8) is 0 Å². The minimum absolute atomic E-state index is 0.0909. The van der Waals surface area contributed by atoms with Gasteiger partial charge in [-0.3, -0.25) is 0 Å². The molecule has 1 unspecified atom stereocenters. The molecule has 6 nitrogen and oxygen atoms in total. The zero-order valence-corrected chi connectivity index (χ0v) is 12.2. The van der Waals surface area contributed by atoms with Crippen molar-refractivity contribution in [1.82, 2.24) is 15.3 Å². The number of sulfonamides is 1. The predicted octanol–water partition coefficient (Wildman–Crippen LogP) is 1.22. The number of rotatable bonds is 5. The number of nitrogens with two attached hydrogens (primary N) is 1. The molecule has 7 heteroatoms. The average molecular weight is 294 g/mol. The summed E-state index contributed by atoms with van der Waals surface area (Å²) in [5, 5.41) is 8.40. The topological polar surface area (TPSA) is 101 Å². The molecular weight excluding hydrogens is 276 g/mol. The Kier molecular flexibility index (Phi) is 4.22. The van der Waals surface area contributed by atoms with Gasteiger partial charge >= 0.3 is 0 Å². The molecule has 0 saturated carbocycles. The summed E-state index contributed by atoms with van der Waals surface area (Å²) in [6.45, 7) is 4.58. The van der Waals surface area contributed by atoms with E-state index in [2.05, 4.69) is 15.3 Å². The molecule has 0 bridgehead atoms. The van der Waals surface area contributed by atoms with E-state index in [1.807, 2.05) is 13.8 Å². The fourth-order valence-corrected chi connectivity index (χ4v) is 2.40. The normalized spacial score (nSPS) is 13.3. The molecule has 0 amide bonds. The number of nitrogens with zero attached hydrogens (tertiary/aromatic N) is 1. The van der Waals surface area contributed by atoms with Crippen LogP contribution >= 0.6 is 0 Å². The molecule has 0 aliphatic rings. The number of nitrogens with one attached hydrogen (secondary N) is 2. The Morgan fingerprint density at radius 2 is 2.00 bits per heavy atom. The Morgan fingerprint density at radius 1 is 1.35 bits per heavy atom. The monoisotopic (exact) mass is 294 g/mol. The standard InChI is InChI=1S/C13H18N4O2S/c1-9(15-7-12-8-16-10(2)17-12)11-3-5-13(6-4-11)20(14,18)19/h3-6,8-9,15H,7H2,1-2H3,(H,16,17)(H2,14,18,19). The van der Waals surface area contributed by atoms with Crippen LogP contribution < -0.4 is 10.5 Å². The van der Waals surface area contributed by atoms with Crippen LogP contribution in [0.1, 0.15) is 30.0 Å². The summed E-state index contributed by atoms with van der Waals surface area (Å²) in [7, 11) is -3.63. The van der Waals surface area contributed by atoms with E-state index in [-0.39, 0.29) is 10.9 Å². The van der Waals surface area contributed by atoms with Gasteiger partial charge in [0.05, 0.1) is 4.90 Å². The maximum absolute atomic E-state index is 11.2. The Balaban J connectivity index is 2.00. The lowest BCUT2D eigenvalue weighted by Crippen LogP contribution is -2.18. The van der Waals surface area contributed by atoms with Gasteiger partial charge in [0.2, 0.25) is 10.0 Å². The van der Waals surface area contributed by atoms with Gasteiger partial charge in [0, 0.05) is 24.5 Å². The van der Waals surface area contributed by atoms with E-state index in [0.29, 0.717) is 6.54 Å². The van der Waals surface area contributed by atoms with Gasteiger partial charge in [-0.2, -0.15) is 0 Å². The maximum atomic E-state index is 11.2. The van der Waals surface area contributed by atoms with Crippen LogP contribution in [-0.4, -0.2) is 18.4 Å². The van der Waals surface area contributed by atoms with Crippen LogP contribution in [0, 0.1) is 6.92 Å². The number of hydrogen-bond acceptors (Lipinski definition) is 4. The van der Waals surface area contributed by atoms with E-state index in [0.717, 1.165) is 17.1 Å². The minimum Gasteiger partial charge on any atom is -0.345 e. The summed E-state index contributed by atoms with van der Waals surface area (Å²) < 4.78 is 22.4. The first-order chi connectivity index (χ1) is 9.36. The fourth-order valence-electron chi connectivity index (χ4n) is 1.89. The second kappa shape index (κ2) is 5.74. The number of primary sulfonamides is 1. The first kappa shape index (κ1) is 14.7. The van der Waals surface area contributed by atoms with Crippen molar-refractivity contribution in [3.8, 4) is 0 Å². The van der Waals surface area contributed by atoms with Gasteiger partial charge in [0.25, 0.3) is 0 Å². The molecule has 1 aromatic carbocycles. The Hall–Kier alpha value is -1.70. The lowest BCUT2D eigenvalue weighted by atomic mass is 10.1. The molecule has 4 N–H and O–H groups in total. The van der Waals surface area contributed by atoms with Gasteiger partial charge in [0.1, 0.15) is 5.82 Å². The number of imidazole rings is 1. The number of hydrogen-bond donors (Lipinski definition) is 3. The molecule has 0 radical (unpaired) electrons. The summed E-state index contributed by atoms with van der Waals surface area (Å²) in [4.78, 5) is 7.40. The number of aromatic amines is 1. The third-order valence-corrected chi connectivity index (χ3v) is 3.99. The Bertz CT molecular complexity index is 677. The number of aromatic nitrogens is 2. The highest BCUT2D eigenvalue weighted by Crippen LogP contribution is 2.15. The lowest BCUT2D eigenvalue weighted by Gasteiger charge is -2.13. The number of aryl methyl sites for hydroxylation is 1. The van der Waals surface area contributed by atoms with Gasteiger partial charge < -0.3 is 10.3 Å². The van der Waals surface area contributed by atoms with Crippen molar-refractivity contribution in [2.24, 2.45) is 5.14 Å². The van der Waals surface area contributed by atoms with Crippen molar-refractivity contribution in [1.29, 1.82) is 0 Å². The minimum atomic E-state index is -3.63. The molecule has 0 saturated heterocycles. The number of H-pyrrole nitrogens is 1. The van der Waals surface area contributed by atoms with E-state index in [4.69, 9.17) is 5.14 Å². The van der Waals surface area contributed by atoms with Crippen molar-refractivity contribution in [2.45, 2.75) is 31.3 Å². The molecule has 2 aromatic rings. The first-order valence-electron chi connectivity index (χ1n) is 6.23. The van der Waals surface area contributed by atoms with Gasteiger partial charge in [-0.05, 0) is 31.5 Å². The van der Waals surface area contributed by atoms with Gasteiger partial charge in [-0.25, -0.2) is 18.5 Å². The van der Waals surface area contributed by atoms with Crippen LogP contribution in [0.5, 0.6) is 0 Å². The van der Waals surface area contributed by atoms with Gasteiger partial charge in [-0.15, -0.1) is 0 Å². The fraction of sp³-hybridized carbons (Fsp3) is 0.308. The molecule has 0 fully saturated rings. The van der Waals surface area contributed by atoms with E-state index < -0.39 is 10.0 Å².